The van der Waals surface area contributed by atoms with Gasteiger partial charge in [-0.25, -0.2) is 0 Å². The Balaban J connectivity index is 2.33. The number of nitrogens with zero attached hydrogens (tertiary/aromatic N) is 1. The summed E-state index contributed by atoms with van der Waals surface area (Å²) < 4.78 is 4.22. The normalized spacial score (nSPS) is 9.09. The number of rotatable bonds is 4. The van der Waals surface area contributed by atoms with Crippen LogP contribution < -0.4 is 0 Å². The Morgan fingerprint density at radius 2 is 2.09 bits per heavy atom. The number of benzene rings is 1. The standard InChI is InChI=1S/C7H7NO2S/c9-8-10-11-6-7-4-2-1-3-5-7/h1-5H,6H2. The average molecular weight is 169 g/mol. The molecule has 1 aromatic rings. The molecule has 0 unspecified atom stereocenters. The van der Waals surface area contributed by atoms with Gasteiger partial charge < -0.3 is 0 Å². The molecular formula is C7H7NO2S. The third-order valence-electron chi connectivity index (χ3n) is 1.15. The zero-order chi connectivity index (χ0) is 7.94. The second-order valence-corrected chi connectivity index (χ2v) is 2.57. The lowest BCUT2D eigenvalue weighted by Crippen LogP contribution is -1.77. The van der Waals surface area contributed by atoms with E-state index in [2.05, 4.69) is 9.62 Å². The maximum atomic E-state index is 9.50. The summed E-state index contributed by atoms with van der Waals surface area (Å²) in [5.74, 6) is 0.645. The first-order valence-electron chi connectivity index (χ1n) is 3.08. The Bertz CT molecular complexity index is 215. The Kier molecular flexibility index (Phi) is 3.47. The van der Waals surface area contributed by atoms with Crippen molar-refractivity contribution in [2.24, 2.45) is 5.34 Å². The van der Waals surface area contributed by atoms with Gasteiger partial charge in [-0.15, -0.1) is 4.91 Å². The lowest BCUT2D eigenvalue weighted by atomic mass is 10.2. The largest absolute Gasteiger partial charge is 0.287 e. The molecule has 0 spiro atoms. The van der Waals surface area contributed by atoms with Gasteiger partial charge in [0.25, 0.3) is 0 Å². The van der Waals surface area contributed by atoms with Gasteiger partial charge in [0, 0.05) is 0 Å². The van der Waals surface area contributed by atoms with Crippen molar-refractivity contribution in [1.82, 2.24) is 0 Å². The van der Waals surface area contributed by atoms with Crippen LogP contribution in [-0.4, -0.2) is 0 Å². The predicted octanol–water partition coefficient (Wildman–Crippen LogP) is 2.53. The molecule has 1 rings (SSSR count). The molecular weight excluding hydrogens is 162 g/mol. The molecule has 0 amide bonds. The topological polar surface area (TPSA) is 38.7 Å². The summed E-state index contributed by atoms with van der Waals surface area (Å²) in [6.07, 6.45) is 0. The molecule has 0 saturated heterocycles. The molecule has 0 atom stereocenters. The van der Waals surface area contributed by atoms with Crippen LogP contribution in [0.3, 0.4) is 0 Å². The Hall–Kier alpha value is -1.03. The van der Waals surface area contributed by atoms with E-state index in [4.69, 9.17) is 0 Å². The maximum Gasteiger partial charge on any atom is 0.168 e. The van der Waals surface area contributed by atoms with E-state index < -0.39 is 0 Å². The molecule has 0 fully saturated rings. The molecule has 0 bridgehead atoms. The monoisotopic (exact) mass is 169 g/mol. The van der Waals surface area contributed by atoms with E-state index >= 15 is 0 Å². The fraction of sp³-hybridized carbons (Fsp3) is 0.143. The van der Waals surface area contributed by atoms with Crippen LogP contribution in [0.25, 0.3) is 0 Å². The van der Waals surface area contributed by atoms with Crippen LogP contribution in [0.15, 0.2) is 35.7 Å². The van der Waals surface area contributed by atoms with Gasteiger partial charge in [-0.1, -0.05) is 30.3 Å². The van der Waals surface area contributed by atoms with Crippen molar-refractivity contribution in [2.45, 2.75) is 5.75 Å². The van der Waals surface area contributed by atoms with E-state index in [1.165, 1.54) is 0 Å². The Morgan fingerprint density at radius 3 is 2.73 bits per heavy atom. The zero-order valence-electron chi connectivity index (χ0n) is 5.77. The molecule has 0 N–H and O–H groups in total. The molecule has 0 heterocycles. The van der Waals surface area contributed by atoms with Crippen molar-refractivity contribution in [1.29, 1.82) is 0 Å². The minimum absolute atomic E-state index is 0.645. The van der Waals surface area contributed by atoms with Crippen molar-refractivity contribution < 1.29 is 4.28 Å². The number of hydrogen-bond donors (Lipinski definition) is 0. The van der Waals surface area contributed by atoms with Crippen LogP contribution in [0.2, 0.25) is 0 Å². The average Bonchev–Trinajstić information content (AvgIpc) is 2.07. The summed E-state index contributed by atoms with van der Waals surface area (Å²) >= 11 is 1.03. The fourth-order valence-corrected chi connectivity index (χ4v) is 1.11. The molecule has 0 aliphatic carbocycles. The van der Waals surface area contributed by atoms with Gasteiger partial charge in [0.15, 0.2) is 5.34 Å². The van der Waals surface area contributed by atoms with Crippen molar-refractivity contribution in [3.63, 3.8) is 0 Å². The van der Waals surface area contributed by atoms with Gasteiger partial charge in [0.1, 0.15) is 0 Å². The second kappa shape index (κ2) is 4.73. The molecule has 3 nitrogen and oxygen atoms in total. The summed E-state index contributed by atoms with van der Waals surface area (Å²) in [4.78, 5) is 9.50. The van der Waals surface area contributed by atoms with Gasteiger partial charge in [-0.3, -0.25) is 4.28 Å². The van der Waals surface area contributed by atoms with E-state index in [0.717, 1.165) is 17.6 Å². The Morgan fingerprint density at radius 1 is 1.36 bits per heavy atom. The van der Waals surface area contributed by atoms with Gasteiger partial charge in [0.2, 0.25) is 0 Å². The smallest absolute Gasteiger partial charge is 0.168 e. The summed E-state index contributed by atoms with van der Waals surface area (Å²) in [6.45, 7) is 0. The third-order valence-corrected chi connectivity index (χ3v) is 1.77. The molecule has 0 aliphatic heterocycles. The van der Waals surface area contributed by atoms with Gasteiger partial charge >= 0.3 is 0 Å². The summed E-state index contributed by atoms with van der Waals surface area (Å²) in [5.41, 5.74) is 1.11. The lowest BCUT2D eigenvalue weighted by molar-refractivity contribution is 0.397. The highest BCUT2D eigenvalue weighted by atomic mass is 32.2. The highest BCUT2D eigenvalue weighted by Gasteiger charge is 1.91. The van der Waals surface area contributed by atoms with Crippen molar-refractivity contribution in [3.8, 4) is 0 Å². The van der Waals surface area contributed by atoms with E-state index in [9.17, 15) is 4.91 Å². The van der Waals surface area contributed by atoms with E-state index in [1.807, 2.05) is 30.3 Å². The first-order valence-corrected chi connectivity index (χ1v) is 4.00. The number of hydrogen-bond acceptors (Lipinski definition) is 4. The van der Waals surface area contributed by atoms with Crippen LogP contribution in [0.1, 0.15) is 5.56 Å². The van der Waals surface area contributed by atoms with Gasteiger partial charge in [0.05, 0.1) is 17.8 Å². The minimum atomic E-state index is 0.645. The fourth-order valence-electron chi connectivity index (χ4n) is 0.690. The summed E-state index contributed by atoms with van der Waals surface area (Å²) in [7, 11) is 0. The minimum Gasteiger partial charge on any atom is -0.287 e. The van der Waals surface area contributed by atoms with E-state index in [1.54, 1.807) is 0 Å². The molecule has 4 heteroatoms. The quantitative estimate of drug-likeness (QED) is 0.301. The maximum absolute atomic E-state index is 9.50. The second-order valence-electron chi connectivity index (χ2n) is 1.90. The van der Waals surface area contributed by atoms with E-state index in [-0.39, 0.29) is 0 Å². The predicted molar refractivity (Wildman–Crippen MR) is 44.6 cm³/mol. The van der Waals surface area contributed by atoms with Crippen molar-refractivity contribution in [2.75, 3.05) is 0 Å². The summed E-state index contributed by atoms with van der Waals surface area (Å²) in [5, 5.41) is 2.26. The van der Waals surface area contributed by atoms with E-state index in [0.29, 0.717) is 5.75 Å². The van der Waals surface area contributed by atoms with Crippen LogP contribution in [0.4, 0.5) is 0 Å². The Labute approximate surface area is 68.9 Å². The lowest BCUT2D eigenvalue weighted by Gasteiger charge is -1.94. The first kappa shape index (κ1) is 8.07. The van der Waals surface area contributed by atoms with Crippen LogP contribution in [0.5, 0.6) is 0 Å². The van der Waals surface area contributed by atoms with Gasteiger partial charge in [-0.2, -0.15) is 0 Å². The van der Waals surface area contributed by atoms with Crippen molar-refractivity contribution >= 4 is 12.0 Å². The SMILES string of the molecule is O=NOSCc1ccccc1. The molecule has 0 saturated carbocycles. The van der Waals surface area contributed by atoms with Crippen molar-refractivity contribution in [3.05, 3.63) is 40.8 Å². The molecule has 1 aromatic carbocycles. The molecule has 0 aromatic heterocycles. The summed E-state index contributed by atoms with van der Waals surface area (Å²) in [6, 6.07) is 9.73. The molecule has 58 valence electrons. The zero-order valence-corrected chi connectivity index (χ0v) is 6.58. The molecule has 0 aliphatic rings. The highest BCUT2D eigenvalue weighted by molar-refractivity contribution is 7.93. The van der Waals surface area contributed by atoms with Crippen LogP contribution in [-0.2, 0) is 10.0 Å². The molecule has 0 radical (unpaired) electrons. The third kappa shape index (κ3) is 3.04. The molecule has 11 heavy (non-hydrogen) atoms. The van der Waals surface area contributed by atoms with Gasteiger partial charge in [-0.05, 0) is 5.56 Å². The highest BCUT2D eigenvalue weighted by Crippen LogP contribution is 2.12. The van der Waals surface area contributed by atoms with Crippen LogP contribution >= 0.6 is 12.0 Å². The first-order chi connectivity index (χ1) is 5.43. The van der Waals surface area contributed by atoms with Crippen LogP contribution in [0, 0.1) is 4.91 Å².